The molecular weight excluding hydrogens is 673 g/mol. The lowest BCUT2D eigenvalue weighted by Gasteiger charge is -2.14. The highest BCUT2D eigenvalue weighted by atomic mass is 32.1. The van der Waals surface area contributed by atoms with Crippen LogP contribution in [0.3, 0.4) is 0 Å². The Morgan fingerprint density at radius 1 is 0.442 bits per heavy atom. The van der Waals surface area contributed by atoms with Gasteiger partial charge in [-0.05, 0) is 59.3 Å². The van der Waals surface area contributed by atoms with E-state index in [2.05, 4.69) is 167 Å². The van der Waals surface area contributed by atoms with Crippen molar-refractivity contribution in [2.45, 2.75) is 0 Å². The number of para-hydroxylation sites is 3. The molecule has 5 aromatic heterocycles. The molecule has 12 rings (SSSR count). The van der Waals surface area contributed by atoms with Crippen LogP contribution in [0, 0.1) is 0 Å². The van der Waals surface area contributed by atoms with E-state index in [1.807, 2.05) is 22.7 Å². The fourth-order valence-corrected chi connectivity index (χ4v) is 11.1. The minimum absolute atomic E-state index is 0.688. The number of benzene rings is 7. The fourth-order valence-electron chi connectivity index (χ4n) is 8.28. The summed E-state index contributed by atoms with van der Waals surface area (Å²) in [6, 6.07) is 56.6. The first-order chi connectivity index (χ1) is 25.8. The second kappa shape index (κ2) is 10.6. The first-order valence-corrected chi connectivity index (χ1v) is 19.1. The standard InChI is InChI=1S/C46H26N4S2/c1-2-13-29(14-3-1)49-36-19-9-6-16-31(36)34-26-28(23-25-38(34)49)41-40-30-15-5-4-12-27(30)22-24-35(40)47-46(48-41)50-37-20-10-7-17-32(37)43-42(50)45-44(52-43)33-18-8-11-21-39(33)51-45/h1-26H. The first-order valence-electron chi connectivity index (χ1n) is 17.4. The molecule has 0 unspecified atom stereocenters. The monoisotopic (exact) mass is 698 g/mol. The molecule has 12 aromatic rings. The van der Waals surface area contributed by atoms with Crippen molar-refractivity contribution in [2.75, 3.05) is 0 Å². The molecule has 242 valence electrons. The van der Waals surface area contributed by atoms with Crippen LogP contribution < -0.4 is 0 Å². The Labute approximate surface area is 305 Å². The molecule has 0 amide bonds. The summed E-state index contributed by atoms with van der Waals surface area (Å²) < 4.78 is 9.88. The lowest BCUT2D eigenvalue weighted by atomic mass is 9.99. The van der Waals surface area contributed by atoms with Crippen molar-refractivity contribution >= 4 is 107 Å². The first kappa shape index (κ1) is 28.4. The van der Waals surface area contributed by atoms with Gasteiger partial charge < -0.3 is 4.57 Å². The molecule has 0 saturated heterocycles. The number of nitrogens with zero attached hydrogens (tertiary/aromatic N) is 4. The zero-order valence-electron chi connectivity index (χ0n) is 27.6. The van der Waals surface area contributed by atoms with Gasteiger partial charge in [-0.1, -0.05) is 109 Å². The molecule has 0 aliphatic rings. The molecule has 52 heavy (non-hydrogen) atoms. The Morgan fingerprint density at radius 2 is 1.13 bits per heavy atom. The third-order valence-electron chi connectivity index (χ3n) is 10.5. The summed E-state index contributed by atoms with van der Waals surface area (Å²) >= 11 is 3.75. The molecule has 0 aliphatic heterocycles. The molecule has 0 N–H and O–H groups in total. The van der Waals surface area contributed by atoms with Crippen molar-refractivity contribution in [3.05, 3.63) is 158 Å². The van der Waals surface area contributed by atoms with Crippen molar-refractivity contribution in [1.82, 2.24) is 19.1 Å². The van der Waals surface area contributed by atoms with Gasteiger partial charge in [-0.2, -0.15) is 0 Å². The summed E-state index contributed by atoms with van der Waals surface area (Å²) in [5, 5.41) is 8.35. The number of aromatic nitrogens is 4. The predicted molar refractivity (Wildman–Crippen MR) is 222 cm³/mol. The number of hydrogen-bond acceptors (Lipinski definition) is 4. The highest BCUT2D eigenvalue weighted by Crippen LogP contribution is 2.48. The third-order valence-corrected chi connectivity index (χ3v) is 13.1. The molecule has 0 bridgehead atoms. The topological polar surface area (TPSA) is 35.6 Å². The molecule has 0 radical (unpaired) electrons. The van der Waals surface area contributed by atoms with E-state index in [-0.39, 0.29) is 0 Å². The summed E-state index contributed by atoms with van der Waals surface area (Å²) in [6.45, 7) is 0. The van der Waals surface area contributed by atoms with Gasteiger partial charge in [-0.25, -0.2) is 9.97 Å². The molecule has 4 nitrogen and oxygen atoms in total. The number of rotatable bonds is 3. The maximum Gasteiger partial charge on any atom is 0.235 e. The highest BCUT2D eigenvalue weighted by molar-refractivity contribution is 7.37. The zero-order valence-corrected chi connectivity index (χ0v) is 29.2. The van der Waals surface area contributed by atoms with Crippen LogP contribution in [-0.4, -0.2) is 19.1 Å². The van der Waals surface area contributed by atoms with E-state index in [1.165, 1.54) is 62.3 Å². The number of thiophene rings is 2. The summed E-state index contributed by atoms with van der Waals surface area (Å²) in [7, 11) is 0. The van der Waals surface area contributed by atoms with E-state index < -0.39 is 0 Å². The molecule has 0 fully saturated rings. The van der Waals surface area contributed by atoms with Gasteiger partial charge in [0.05, 0.1) is 47.4 Å². The SMILES string of the molecule is c1ccc(-n2c3ccccc3c3cc(-c4nc(-n5c6ccccc6c6sc7c8ccccc8sc7c65)nc5ccc6ccccc6c45)ccc32)cc1. The fraction of sp³-hybridized carbons (Fsp3) is 0. The van der Waals surface area contributed by atoms with E-state index >= 15 is 0 Å². The maximum absolute atomic E-state index is 5.61. The van der Waals surface area contributed by atoms with E-state index in [0.29, 0.717) is 5.95 Å². The lowest BCUT2D eigenvalue weighted by molar-refractivity contribution is 1.02. The van der Waals surface area contributed by atoms with Crippen LogP contribution in [0.25, 0.3) is 107 Å². The normalized spacial score (nSPS) is 12.2. The van der Waals surface area contributed by atoms with Gasteiger partial charge in [0, 0.05) is 42.9 Å². The van der Waals surface area contributed by atoms with E-state index in [9.17, 15) is 0 Å². The second-order valence-electron chi connectivity index (χ2n) is 13.4. The van der Waals surface area contributed by atoms with Gasteiger partial charge in [0.15, 0.2) is 0 Å². The molecule has 0 aliphatic carbocycles. The van der Waals surface area contributed by atoms with Crippen molar-refractivity contribution < 1.29 is 0 Å². The molecule has 0 atom stereocenters. The third kappa shape index (κ3) is 3.85. The average Bonchev–Trinajstić information content (AvgIpc) is 3.94. The average molecular weight is 699 g/mol. The number of hydrogen-bond donors (Lipinski definition) is 0. The largest absolute Gasteiger partial charge is 0.309 e. The van der Waals surface area contributed by atoms with E-state index in [0.717, 1.165) is 38.8 Å². The van der Waals surface area contributed by atoms with Crippen LogP contribution in [0.2, 0.25) is 0 Å². The molecule has 7 aromatic carbocycles. The van der Waals surface area contributed by atoms with Gasteiger partial charge in [-0.15, -0.1) is 22.7 Å². The van der Waals surface area contributed by atoms with Crippen molar-refractivity contribution in [1.29, 1.82) is 0 Å². The minimum atomic E-state index is 0.688. The highest BCUT2D eigenvalue weighted by Gasteiger charge is 2.24. The van der Waals surface area contributed by atoms with Gasteiger partial charge in [0.25, 0.3) is 0 Å². The Balaban J connectivity index is 1.20. The molecule has 0 saturated carbocycles. The van der Waals surface area contributed by atoms with Crippen LogP contribution in [-0.2, 0) is 0 Å². The van der Waals surface area contributed by atoms with Crippen molar-refractivity contribution in [2.24, 2.45) is 0 Å². The molecule has 5 heterocycles. The molecule has 6 heteroatoms. The zero-order chi connectivity index (χ0) is 33.9. The number of fused-ring (bicyclic) bond motifs is 13. The Morgan fingerprint density at radius 3 is 2.00 bits per heavy atom. The van der Waals surface area contributed by atoms with Gasteiger partial charge in [-0.3, -0.25) is 4.57 Å². The molecular formula is C46H26N4S2. The van der Waals surface area contributed by atoms with Crippen molar-refractivity contribution in [3.63, 3.8) is 0 Å². The van der Waals surface area contributed by atoms with Crippen molar-refractivity contribution in [3.8, 4) is 22.9 Å². The van der Waals surface area contributed by atoms with Gasteiger partial charge >= 0.3 is 0 Å². The van der Waals surface area contributed by atoms with Crippen LogP contribution in [0.15, 0.2) is 158 Å². The summed E-state index contributed by atoms with van der Waals surface area (Å²) in [5.41, 5.74) is 8.75. The molecule has 0 spiro atoms. The van der Waals surface area contributed by atoms with Crippen LogP contribution >= 0.6 is 22.7 Å². The van der Waals surface area contributed by atoms with Crippen LogP contribution in [0.1, 0.15) is 0 Å². The van der Waals surface area contributed by atoms with Gasteiger partial charge in [0.1, 0.15) is 0 Å². The maximum atomic E-state index is 5.61. The van der Waals surface area contributed by atoms with Crippen LogP contribution in [0.4, 0.5) is 0 Å². The van der Waals surface area contributed by atoms with E-state index in [4.69, 9.17) is 9.97 Å². The van der Waals surface area contributed by atoms with Gasteiger partial charge in [0.2, 0.25) is 5.95 Å². The lowest BCUT2D eigenvalue weighted by Crippen LogP contribution is -2.03. The summed E-state index contributed by atoms with van der Waals surface area (Å²) in [6.07, 6.45) is 0. The quantitative estimate of drug-likeness (QED) is 0.172. The summed E-state index contributed by atoms with van der Waals surface area (Å²) in [4.78, 5) is 11.0. The summed E-state index contributed by atoms with van der Waals surface area (Å²) in [5.74, 6) is 0.688. The second-order valence-corrected chi connectivity index (χ2v) is 15.4. The van der Waals surface area contributed by atoms with E-state index in [1.54, 1.807) is 0 Å². The predicted octanol–water partition coefficient (Wildman–Crippen LogP) is 13.1. The Kier molecular flexibility index (Phi) is 5.78. The minimum Gasteiger partial charge on any atom is -0.309 e. The Bertz CT molecular complexity index is 3420. The smallest absolute Gasteiger partial charge is 0.235 e. The van der Waals surface area contributed by atoms with Crippen LogP contribution in [0.5, 0.6) is 0 Å². The Hall–Kier alpha value is -6.34.